The molecule has 4 heteroatoms. The SMILES string of the molecule is CC[C@@H](C)NC(=O)c1cc(Br)ccc1I. The minimum atomic E-state index is -0.00458. The summed E-state index contributed by atoms with van der Waals surface area (Å²) < 4.78 is 1.90. The number of carbonyl (C=O) groups is 1. The number of carbonyl (C=O) groups excluding carboxylic acids is 1. The van der Waals surface area contributed by atoms with Crippen LogP contribution >= 0.6 is 38.5 Å². The molecule has 0 radical (unpaired) electrons. The summed E-state index contributed by atoms with van der Waals surface area (Å²) in [6.07, 6.45) is 0.941. The Hall–Kier alpha value is -0.100. The molecule has 1 amide bonds. The molecule has 1 aromatic rings. The van der Waals surface area contributed by atoms with Gasteiger partial charge in [-0.15, -0.1) is 0 Å². The van der Waals surface area contributed by atoms with E-state index in [-0.39, 0.29) is 11.9 Å². The van der Waals surface area contributed by atoms with Crippen molar-refractivity contribution in [1.29, 1.82) is 0 Å². The van der Waals surface area contributed by atoms with Gasteiger partial charge in [0.1, 0.15) is 0 Å². The summed E-state index contributed by atoms with van der Waals surface area (Å²) in [6.45, 7) is 4.06. The molecule has 0 unspecified atom stereocenters. The van der Waals surface area contributed by atoms with Gasteiger partial charge in [-0.05, 0) is 54.1 Å². The van der Waals surface area contributed by atoms with Crippen LogP contribution in [-0.2, 0) is 0 Å². The lowest BCUT2D eigenvalue weighted by molar-refractivity contribution is 0.0938. The Balaban J connectivity index is 2.86. The first-order valence-corrected chi connectivity index (χ1v) is 6.67. The van der Waals surface area contributed by atoms with Crippen molar-refractivity contribution in [2.45, 2.75) is 26.3 Å². The van der Waals surface area contributed by atoms with E-state index in [0.29, 0.717) is 0 Å². The van der Waals surface area contributed by atoms with Crippen LogP contribution in [0.25, 0.3) is 0 Å². The van der Waals surface area contributed by atoms with Crippen molar-refractivity contribution in [1.82, 2.24) is 5.32 Å². The van der Waals surface area contributed by atoms with E-state index in [9.17, 15) is 4.79 Å². The van der Waals surface area contributed by atoms with Gasteiger partial charge in [0.25, 0.3) is 5.91 Å². The standard InChI is InChI=1S/C11H13BrINO/c1-3-7(2)14-11(15)9-6-8(12)4-5-10(9)13/h4-7H,3H2,1-2H3,(H,14,15)/t7-/m1/s1. The van der Waals surface area contributed by atoms with Crippen LogP contribution in [-0.4, -0.2) is 11.9 Å². The number of amides is 1. The third-order valence-electron chi connectivity index (χ3n) is 2.16. The van der Waals surface area contributed by atoms with Crippen molar-refractivity contribution in [3.8, 4) is 0 Å². The molecular formula is C11H13BrINO. The van der Waals surface area contributed by atoms with Gasteiger partial charge in [0.05, 0.1) is 5.56 Å². The third kappa shape index (κ3) is 3.75. The minimum absolute atomic E-state index is 0.00458. The Morgan fingerprint density at radius 1 is 1.60 bits per heavy atom. The molecule has 1 aromatic carbocycles. The normalized spacial score (nSPS) is 12.3. The molecule has 0 aliphatic heterocycles. The molecule has 1 N–H and O–H groups in total. The highest BCUT2D eigenvalue weighted by molar-refractivity contribution is 14.1. The lowest BCUT2D eigenvalue weighted by atomic mass is 10.2. The van der Waals surface area contributed by atoms with Crippen molar-refractivity contribution in [2.75, 3.05) is 0 Å². The maximum Gasteiger partial charge on any atom is 0.252 e. The predicted octanol–water partition coefficient (Wildman–Crippen LogP) is 3.58. The molecule has 82 valence electrons. The van der Waals surface area contributed by atoms with E-state index in [2.05, 4.69) is 50.8 Å². The highest BCUT2D eigenvalue weighted by Gasteiger charge is 2.11. The fourth-order valence-electron chi connectivity index (χ4n) is 1.08. The lowest BCUT2D eigenvalue weighted by Crippen LogP contribution is -2.32. The van der Waals surface area contributed by atoms with Crippen molar-refractivity contribution < 1.29 is 4.79 Å². The summed E-state index contributed by atoms with van der Waals surface area (Å²) >= 11 is 5.53. The topological polar surface area (TPSA) is 29.1 Å². The minimum Gasteiger partial charge on any atom is -0.350 e. The second kappa shape index (κ2) is 5.84. The zero-order valence-electron chi connectivity index (χ0n) is 8.68. The van der Waals surface area contributed by atoms with E-state index in [1.165, 1.54) is 0 Å². The van der Waals surface area contributed by atoms with Gasteiger partial charge < -0.3 is 5.32 Å². The van der Waals surface area contributed by atoms with E-state index in [1.54, 1.807) is 0 Å². The Labute approximate surface area is 112 Å². The molecule has 0 saturated heterocycles. The number of hydrogen-bond acceptors (Lipinski definition) is 1. The summed E-state index contributed by atoms with van der Waals surface area (Å²) in [5.74, 6) is -0.00458. The van der Waals surface area contributed by atoms with Crippen LogP contribution < -0.4 is 5.32 Å². The van der Waals surface area contributed by atoms with Crippen molar-refractivity contribution in [3.05, 3.63) is 31.8 Å². The van der Waals surface area contributed by atoms with Gasteiger partial charge in [-0.25, -0.2) is 0 Å². The van der Waals surface area contributed by atoms with E-state index in [1.807, 2.05) is 25.1 Å². The number of hydrogen-bond donors (Lipinski definition) is 1. The molecule has 2 nitrogen and oxygen atoms in total. The molecule has 0 spiro atoms. The molecule has 1 rings (SSSR count). The fourth-order valence-corrected chi connectivity index (χ4v) is 2.02. The molecule has 0 heterocycles. The highest BCUT2D eigenvalue weighted by atomic mass is 127. The summed E-state index contributed by atoms with van der Waals surface area (Å²) in [6, 6.07) is 5.92. The van der Waals surface area contributed by atoms with Gasteiger partial charge in [-0.1, -0.05) is 22.9 Å². The Kier molecular flexibility index (Phi) is 5.05. The van der Waals surface area contributed by atoms with Crippen LogP contribution in [0.4, 0.5) is 0 Å². The van der Waals surface area contributed by atoms with Gasteiger partial charge in [-0.3, -0.25) is 4.79 Å². The number of halogens is 2. The molecule has 0 bridgehead atoms. The van der Waals surface area contributed by atoms with Gasteiger partial charge >= 0.3 is 0 Å². The zero-order valence-corrected chi connectivity index (χ0v) is 12.4. The first-order valence-electron chi connectivity index (χ1n) is 4.80. The molecule has 0 fully saturated rings. The number of benzene rings is 1. The number of rotatable bonds is 3. The van der Waals surface area contributed by atoms with Crippen LogP contribution in [0, 0.1) is 3.57 Å². The summed E-state index contributed by atoms with van der Waals surface area (Å²) in [4.78, 5) is 11.9. The predicted molar refractivity (Wildman–Crippen MR) is 74.1 cm³/mol. The van der Waals surface area contributed by atoms with Gasteiger partial charge in [0.15, 0.2) is 0 Å². The van der Waals surface area contributed by atoms with Crippen LogP contribution in [0.15, 0.2) is 22.7 Å². The first-order chi connectivity index (χ1) is 7.04. The van der Waals surface area contributed by atoms with Crippen molar-refractivity contribution in [2.24, 2.45) is 0 Å². The van der Waals surface area contributed by atoms with Gasteiger partial charge in [0.2, 0.25) is 0 Å². The molecule has 0 aliphatic rings. The summed E-state index contributed by atoms with van der Waals surface area (Å²) in [5.41, 5.74) is 0.727. The molecule has 0 aliphatic carbocycles. The van der Waals surface area contributed by atoms with Gasteiger partial charge in [-0.2, -0.15) is 0 Å². The molecule has 0 aromatic heterocycles. The maximum absolute atomic E-state index is 11.9. The smallest absolute Gasteiger partial charge is 0.252 e. The van der Waals surface area contributed by atoms with Crippen LogP contribution in [0.3, 0.4) is 0 Å². The summed E-state index contributed by atoms with van der Waals surface area (Å²) in [5, 5.41) is 2.95. The Morgan fingerprint density at radius 2 is 2.27 bits per heavy atom. The second-order valence-electron chi connectivity index (χ2n) is 3.41. The van der Waals surface area contributed by atoms with Crippen LogP contribution in [0.1, 0.15) is 30.6 Å². The zero-order chi connectivity index (χ0) is 11.4. The lowest BCUT2D eigenvalue weighted by Gasteiger charge is -2.12. The van der Waals surface area contributed by atoms with Crippen LogP contribution in [0.5, 0.6) is 0 Å². The highest BCUT2D eigenvalue weighted by Crippen LogP contribution is 2.18. The average molecular weight is 382 g/mol. The molecule has 15 heavy (non-hydrogen) atoms. The molecule has 1 atom stereocenters. The van der Waals surface area contributed by atoms with Crippen molar-refractivity contribution >= 4 is 44.4 Å². The van der Waals surface area contributed by atoms with Crippen molar-refractivity contribution in [3.63, 3.8) is 0 Å². The molecule has 0 saturated carbocycles. The van der Waals surface area contributed by atoms with Crippen LogP contribution in [0.2, 0.25) is 0 Å². The third-order valence-corrected chi connectivity index (χ3v) is 3.60. The van der Waals surface area contributed by atoms with E-state index in [4.69, 9.17) is 0 Å². The van der Waals surface area contributed by atoms with E-state index >= 15 is 0 Å². The first kappa shape index (κ1) is 13.0. The monoisotopic (exact) mass is 381 g/mol. The van der Waals surface area contributed by atoms with Gasteiger partial charge in [0, 0.05) is 14.1 Å². The average Bonchev–Trinajstić information content (AvgIpc) is 2.21. The fraction of sp³-hybridized carbons (Fsp3) is 0.364. The quantitative estimate of drug-likeness (QED) is 0.796. The Bertz CT molecular complexity index is 368. The Morgan fingerprint density at radius 3 is 2.87 bits per heavy atom. The number of nitrogens with one attached hydrogen (secondary N) is 1. The maximum atomic E-state index is 11.9. The second-order valence-corrected chi connectivity index (χ2v) is 5.48. The van der Waals surface area contributed by atoms with E-state index < -0.39 is 0 Å². The largest absolute Gasteiger partial charge is 0.350 e. The molecular weight excluding hydrogens is 369 g/mol. The summed E-state index contributed by atoms with van der Waals surface area (Å²) in [7, 11) is 0. The van der Waals surface area contributed by atoms with E-state index in [0.717, 1.165) is 20.0 Å².